The van der Waals surface area contributed by atoms with Gasteiger partial charge in [0.05, 0.1) is 12.3 Å². The van der Waals surface area contributed by atoms with Crippen LogP contribution in [0.25, 0.3) is 0 Å². The first-order valence-corrected chi connectivity index (χ1v) is 21.2. The fraction of sp³-hybridized carbons (Fsp3) is 0.673. The van der Waals surface area contributed by atoms with E-state index in [-0.39, 0.29) is 37.0 Å². The van der Waals surface area contributed by atoms with Crippen LogP contribution in [-0.4, -0.2) is 42.5 Å². The van der Waals surface area contributed by atoms with E-state index in [0.717, 1.165) is 75.1 Å². The molecule has 3 atom stereocenters. The largest absolute Gasteiger partial charge is 2.00 e. The van der Waals surface area contributed by atoms with Crippen molar-refractivity contribution in [3.8, 4) is 5.75 Å². The first-order valence-electron chi connectivity index (χ1n) is 21.2. The van der Waals surface area contributed by atoms with Crippen LogP contribution < -0.4 is 4.74 Å². The molecule has 0 radical (unpaired) electrons. The molecule has 2 aromatic carbocycles. The molecule has 1 aliphatic heterocycles. The van der Waals surface area contributed by atoms with Gasteiger partial charge in [-0.25, -0.2) is 0 Å². The van der Waals surface area contributed by atoms with Gasteiger partial charge in [0, 0.05) is 24.7 Å². The normalized spacial score (nSPS) is 16.0. The van der Waals surface area contributed by atoms with Crippen molar-refractivity contribution < 1.29 is 45.4 Å². The molecule has 0 bridgehead atoms. The first kappa shape index (κ1) is 55.2. The molecule has 55 heavy (non-hydrogen) atoms. The number of hydrogen-bond acceptors (Lipinski definition) is 4. The van der Waals surface area contributed by atoms with Crippen LogP contribution >= 0.6 is 0 Å². The summed E-state index contributed by atoms with van der Waals surface area (Å²) in [7, 11) is 0. The number of ether oxygens (including phenoxy) is 1. The number of carbonyl (C=O) groups is 1. The molecule has 0 spiro atoms. The van der Waals surface area contributed by atoms with Crippen LogP contribution in [0.5, 0.6) is 5.75 Å². The molecule has 0 aromatic heterocycles. The average Bonchev–Trinajstić information content (AvgIpc) is 3.87. The summed E-state index contributed by atoms with van der Waals surface area (Å²) < 4.78 is 5.96. The number of nitrogens with zero attached hydrogens (tertiary/aromatic N) is 2. The van der Waals surface area contributed by atoms with Crippen molar-refractivity contribution in [3.05, 3.63) is 65.1 Å². The maximum atomic E-state index is 11.8. The third-order valence-electron chi connectivity index (χ3n) is 9.27. The van der Waals surface area contributed by atoms with E-state index in [2.05, 4.69) is 132 Å². The smallest absolute Gasteiger partial charge is 0.542 e. The number of unbranched alkanes of at least 4 members (excludes halogenated alkanes) is 1. The molecule has 310 valence electrons. The second kappa shape index (κ2) is 31.1. The number of hydrogen-bond donors (Lipinski definition) is 0. The second-order valence-electron chi connectivity index (χ2n) is 17.5. The molecule has 2 aromatic rings. The van der Waals surface area contributed by atoms with Gasteiger partial charge in [0.2, 0.25) is 5.91 Å². The zero-order valence-corrected chi connectivity index (χ0v) is 42.3. The first-order chi connectivity index (χ1) is 25.4. The number of benzene rings is 2. The van der Waals surface area contributed by atoms with Gasteiger partial charge in [-0.15, -0.1) is 0 Å². The summed E-state index contributed by atoms with van der Waals surface area (Å²) in [4.78, 5) is 27.7. The maximum Gasteiger partial charge on any atom is 2.00 e. The van der Waals surface area contributed by atoms with Gasteiger partial charge in [0.15, 0.2) is 0 Å². The summed E-state index contributed by atoms with van der Waals surface area (Å²) in [6, 6.07) is 15.4. The van der Waals surface area contributed by atoms with Gasteiger partial charge in [-0.1, -0.05) is 99.9 Å². The van der Waals surface area contributed by atoms with E-state index in [1.165, 1.54) is 54.0 Å². The molecule has 6 heteroatoms. The molecule has 4 rings (SSSR count). The Bertz CT molecular complexity index is 1320. The Balaban J connectivity index is 0. The Hall–Kier alpha value is -1.90. The molecule has 5 nitrogen and oxygen atoms in total. The van der Waals surface area contributed by atoms with E-state index < -0.39 is 0 Å². The topological polar surface area (TPSA) is 59.0 Å². The Labute approximate surface area is 364 Å². The van der Waals surface area contributed by atoms with E-state index in [9.17, 15) is 4.79 Å². The molecule has 1 amide bonds. The number of aliphatic imine (C=N–C) groups is 1. The SMILES string of the molecule is CC(C)(C)C.CCC(C)C(C)=Nc1ccc(CCCCOc2cccc(C3CC3)c2)cc1C.CCC1CCN(C(=O)C(C)CC)C1.CC[C-]=O.C[C-](C)C.[U+2]. The van der Waals surface area contributed by atoms with Gasteiger partial charge in [0.1, 0.15) is 5.75 Å². The number of carbonyl (C=O) groups excluding carboxylic acids is 2. The van der Waals surface area contributed by atoms with E-state index in [0.29, 0.717) is 23.7 Å². The monoisotopic (exact) mass is 985 g/mol. The number of amides is 1. The van der Waals surface area contributed by atoms with E-state index in [4.69, 9.17) is 14.5 Å². The van der Waals surface area contributed by atoms with E-state index >= 15 is 0 Å². The van der Waals surface area contributed by atoms with Crippen molar-refractivity contribution in [2.24, 2.45) is 28.2 Å². The molecule has 1 saturated heterocycles. The summed E-state index contributed by atoms with van der Waals surface area (Å²) in [5.41, 5.74) is 6.95. The number of likely N-dealkylation sites (tertiary alicyclic amines) is 1. The van der Waals surface area contributed by atoms with Gasteiger partial charge in [0.25, 0.3) is 0 Å². The van der Waals surface area contributed by atoms with Crippen molar-refractivity contribution in [1.29, 1.82) is 0 Å². The number of aryl methyl sites for hydroxylation is 2. The van der Waals surface area contributed by atoms with Crippen LogP contribution in [0.15, 0.2) is 47.5 Å². The molecular weight excluding hydrogens is 903 g/mol. The molecular formula is C49H82N2O3U. The summed E-state index contributed by atoms with van der Waals surface area (Å²) in [6.45, 7) is 34.6. The zero-order chi connectivity index (χ0) is 41.3. The minimum Gasteiger partial charge on any atom is -0.542 e. The van der Waals surface area contributed by atoms with Crippen LogP contribution in [0.3, 0.4) is 0 Å². The number of rotatable bonds is 14. The third-order valence-corrected chi connectivity index (χ3v) is 9.27. The van der Waals surface area contributed by atoms with Gasteiger partial charge >= 0.3 is 31.1 Å². The van der Waals surface area contributed by atoms with Crippen LogP contribution in [0, 0.1) is 67.1 Å². The predicted molar refractivity (Wildman–Crippen MR) is 236 cm³/mol. The Morgan fingerprint density at radius 2 is 1.53 bits per heavy atom. The van der Waals surface area contributed by atoms with E-state index in [1.807, 2.05) is 11.8 Å². The van der Waals surface area contributed by atoms with Crippen LogP contribution in [0.4, 0.5) is 5.69 Å². The minimum absolute atomic E-state index is 0. The standard InChI is InChI=1S/C26H35NO.C11H21NO.C5H12.C4H9.C3H5O.U/c1-5-19(2)21(4)27-26-15-12-22(17-20(26)3)9-6-7-16-28-25-11-8-10-24(18-25)23-13-14-23;1-4-9(3)11(13)12-7-6-10(5-2)8-12;1-5(2,3)4;1-4(2)3;1-2-3-4;/h8,10-12,15,17-19,23H,5-7,9,13-14,16H2,1-4H3;9-10H,4-8H2,1-3H3;1-4H3;1-3H3;2H2,1H3;/q;;;2*-1;+2. The van der Waals surface area contributed by atoms with Gasteiger partial charge in [-0.2, -0.15) is 27.2 Å². The Morgan fingerprint density at radius 3 is 2.00 bits per heavy atom. The fourth-order valence-electron chi connectivity index (χ4n) is 5.34. The third kappa shape index (κ3) is 28.2. The fourth-order valence-corrected chi connectivity index (χ4v) is 5.34. The quantitative estimate of drug-likeness (QED) is 0.108. The average molecular weight is 985 g/mol. The molecule has 2 aliphatic rings. The van der Waals surface area contributed by atoms with Gasteiger partial charge in [-0.05, 0) is 123 Å². The molecule has 2 fully saturated rings. The molecule has 1 saturated carbocycles. The maximum absolute atomic E-state index is 11.8. The van der Waals surface area contributed by atoms with Crippen LogP contribution in [0.1, 0.15) is 177 Å². The Kier molecular flexibility index (Phi) is 31.3. The summed E-state index contributed by atoms with van der Waals surface area (Å²) in [5, 5.41) is 0. The van der Waals surface area contributed by atoms with Gasteiger partial charge < -0.3 is 20.3 Å². The van der Waals surface area contributed by atoms with Gasteiger partial charge in [-0.3, -0.25) is 16.1 Å². The van der Waals surface area contributed by atoms with Crippen molar-refractivity contribution in [3.63, 3.8) is 0 Å². The summed E-state index contributed by atoms with van der Waals surface area (Å²) >= 11 is 0. The predicted octanol–water partition coefficient (Wildman–Crippen LogP) is 13.9. The van der Waals surface area contributed by atoms with E-state index in [1.54, 1.807) is 13.2 Å². The molecule has 1 heterocycles. The zero-order valence-electron chi connectivity index (χ0n) is 38.2. The van der Waals surface area contributed by atoms with Crippen molar-refractivity contribution >= 4 is 23.6 Å². The van der Waals surface area contributed by atoms with Crippen LogP contribution in [-0.2, 0) is 16.0 Å². The summed E-state index contributed by atoms with van der Waals surface area (Å²) in [6.07, 6.45) is 12.7. The van der Waals surface area contributed by atoms with Crippen molar-refractivity contribution in [1.82, 2.24) is 4.90 Å². The molecule has 0 N–H and O–H groups in total. The van der Waals surface area contributed by atoms with Crippen molar-refractivity contribution in [2.45, 2.75) is 174 Å². The summed E-state index contributed by atoms with van der Waals surface area (Å²) in [5.74, 6) is 5.11. The minimum atomic E-state index is 0. The Morgan fingerprint density at radius 1 is 0.945 bits per heavy atom. The van der Waals surface area contributed by atoms with Crippen LogP contribution in [0.2, 0.25) is 0 Å². The van der Waals surface area contributed by atoms with Crippen molar-refractivity contribution in [2.75, 3.05) is 19.7 Å². The molecule has 3 unspecified atom stereocenters. The second-order valence-corrected chi connectivity index (χ2v) is 17.5. The molecule has 1 aliphatic carbocycles.